The van der Waals surface area contributed by atoms with Crippen molar-refractivity contribution < 1.29 is 27.9 Å². The summed E-state index contributed by atoms with van der Waals surface area (Å²) in [6.45, 7) is -0.395. The Morgan fingerprint density at radius 1 is 1.08 bits per heavy atom. The molecule has 0 bridgehead atoms. The molecule has 0 atom stereocenters. The summed E-state index contributed by atoms with van der Waals surface area (Å²) >= 11 is 0. The number of hydrogen-bond donors (Lipinski definition) is 4. The number of anilines is 2. The number of urea groups is 1. The molecule has 11 nitrogen and oxygen atoms in total. The molecule has 14 heteroatoms. The van der Waals surface area contributed by atoms with Crippen LogP contribution in [-0.2, 0) is 0 Å². The maximum absolute atomic E-state index is 12.3. The number of imidazole rings is 1. The fourth-order valence-electron chi connectivity index (χ4n) is 4.04. The van der Waals surface area contributed by atoms with Crippen molar-refractivity contribution in [3.05, 3.63) is 61.1 Å². The van der Waals surface area contributed by atoms with Crippen LogP contribution in [0.4, 0.5) is 34.3 Å². The lowest BCUT2D eigenvalue weighted by molar-refractivity contribution is -0.122. The second kappa shape index (κ2) is 9.88. The van der Waals surface area contributed by atoms with Crippen LogP contribution in [-0.4, -0.2) is 68.4 Å². The molecule has 196 valence electrons. The van der Waals surface area contributed by atoms with Gasteiger partial charge in [-0.1, -0.05) is 12.1 Å². The Bertz CT molecular complexity index is 1500. The number of carbonyl (C=O) groups is 2. The second-order valence-corrected chi connectivity index (χ2v) is 8.58. The molecular weight excluding hydrogens is 505 g/mol. The van der Waals surface area contributed by atoms with Gasteiger partial charge < -0.3 is 26.0 Å². The van der Waals surface area contributed by atoms with Gasteiger partial charge in [0.25, 0.3) is 0 Å². The van der Waals surface area contributed by atoms with E-state index in [1.165, 1.54) is 0 Å². The third-order valence-electron chi connectivity index (χ3n) is 5.81. The largest absolute Gasteiger partial charge is 0.465 e. The van der Waals surface area contributed by atoms with Crippen molar-refractivity contribution in [1.82, 2.24) is 30.0 Å². The zero-order valence-electron chi connectivity index (χ0n) is 19.6. The van der Waals surface area contributed by atoms with Crippen LogP contribution in [0, 0.1) is 0 Å². The first kappa shape index (κ1) is 24.8. The molecule has 0 unspecified atom stereocenters. The molecule has 1 aliphatic heterocycles. The standard InChI is InChI=1S/C24H21F3N8O3/c25-24(26,27)13-30-22(36)31-16-3-1-2-14(8-16)18-10-29-20-9-15(5-7-35(18)20)21-28-6-4-19(33-21)34-11-17(12-34)32-23(37)38/h1-10,17,32H,11-13H2,(H,37,38)(H2,30,31,36). The zero-order valence-corrected chi connectivity index (χ0v) is 19.6. The number of carbonyl (C=O) groups excluding carboxylic acids is 1. The number of fused-ring (bicyclic) bond motifs is 1. The summed E-state index contributed by atoms with van der Waals surface area (Å²) < 4.78 is 38.8. The van der Waals surface area contributed by atoms with E-state index in [9.17, 15) is 22.8 Å². The van der Waals surface area contributed by atoms with Gasteiger partial charge in [-0.3, -0.25) is 4.40 Å². The minimum Gasteiger partial charge on any atom is -0.465 e. The first-order valence-electron chi connectivity index (χ1n) is 11.4. The molecule has 1 aromatic carbocycles. The Morgan fingerprint density at radius 2 is 1.89 bits per heavy atom. The third-order valence-corrected chi connectivity index (χ3v) is 5.81. The molecule has 0 spiro atoms. The van der Waals surface area contributed by atoms with Crippen molar-refractivity contribution in [3.63, 3.8) is 0 Å². The summed E-state index contributed by atoms with van der Waals surface area (Å²) in [7, 11) is 0. The molecule has 1 saturated heterocycles. The van der Waals surface area contributed by atoms with Crippen molar-refractivity contribution in [2.75, 3.05) is 29.9 Å². The van der Waals surface area contributed by atoms with E-state index in [2.05, 4.69) is 25.6 Å². The highest BCUT2D eigenvalue weighted by molar-refractivity contribution is 5.90. The minimum atomic E-state index is -4.50. The summed E-state index contributed by atoms with van der Waals surface area (Å²) in [4.78, 5) is 38.0. The van der Waals surface area contributed by atoms with Crippen LogP contribution < -0.4 is 20.9 Å². The predicted octanol–water partition coefficient (Wildman–Crippen LogP) is 3.60. The Morgan fingerprint density at radius 3 is 2.66 bits per heavy atom. The number of pyridine rings is 1. The summed E-state index contributed by atoms with van der Waals surface area (Å²) in [5, 5.41) is 15.4. The lowest BCUT2D eigenvalue weighted by Gasteiger charge is -2.39. The highest BCUT2D eigenvalue weighted by Crippen LogP contribution is 2.27. The molecule has 4 aromatic rings. The molecule has 4 heterocycles. The minimum absolute atomic E-state index is 0.145. The van der Waals surface area contributed by atoms with Crippen molar-refractivity contribution in [1.29, 1.82) is 0 Å². The van der Waals surface area contributed by atoms with Gasteiger partial charge in [-0.25, -0.2) is 24.5 Å². The van der Waals surface area contributed by atoms with E-state index in [1.54, 1.807) is 54.2 Å². The quantitative estimate of drug-likeness (QED) is 0.301. The molecule has 1 aliphatic rings. The molecule has 0 saturated carbocycles. The van der Waals surface area contributed by atoms with E-state index in [1.807, 2.05) is 21.4 Å². The van der Waals surface area contributed by atoms with Crippen LogP contribution in [0.2, 0.25) is 0 Å². The molecule has 3 amide bonds. The summed E-state index contributed by atoms with van der Waals surface area (Å²) in [6, 6.07) is 11.0. The number of carboxylic acid groups (broad SMARTS) is 1. The van der Waals surface area contributed by atoms with Gasteiger partial charge in [-0.15, -0.1) is 0 Å². The highest BCUT2D eigenvalue weighted by Gasteiger charge is 2.29. The molecule has 4 N–H and O–H groups in total. The fraction of sp³-hybridized carbons (Fsp3) is 0.208. The first-order chi connectivity index (χ1) is 18.1. The molecule has 1 fully saturated rings. The molecule has 3 aromatic heterocycles. The maximum Gasteiger partial charge on any atom is 0.405 e. The van der Waals surface area contributed by atoms with Gasteiger partial charge in [0.15, 0.2) is 5.82 Å². The SMILES string of the molecule is O=C(O)NC1CN(c2ccnc(-c3ccn4c(-c5cccc(NC(=O)NCC(F)(F)F)c5)cnc4c3)n2)C1. The molecule has 0 aliphatic carbocycles. The van der Waals surface area contributed by atoms with Gasteiger partial charge in [0.2, 0.25) is 0 Å². The number of nitrogens with one attached hydrogen (secondary N) is 3. The smallest absolute Gasteiger partial charge is 0.405 e. The average Bonchev–Trinajstić information content (AvgIpc) is 3.28. The average molecular weight is 526 g/mol. The van der Waals surface area contributed by atoms with Crippen molar-refractivity contribution >= 4 is 29.3 Å². The topological polar surface area (TPSA) is 137 Å². The molecule has 38 heavy (non-hydrogen) atoms. The van der Waals surface area contributed by atoms with Crippen LogP contribution in [0.1, 0.15) is 0 Å². The third kappa shape index (κ3) is 5.58. The van der Waals surface area contributed by atoms with Crippen LogP contribution in [0.5, 0.6) is 0 Å². The van der Waals surface area contributed by atoms with Crippen LogP contribution in [0.15, 0.2) is 61.1 Å². The number of rotatable bonds is 6. The fourth-order valence-corrected chi connectivity index (χ4v) is 4.04. The molecular formula is C24H21F3N8O3. The summed E-state index contributed by atoms with van der Waals surface area (Å²) in [5.74, 6) is 1.17. The zero-order chi connectivity index (χ0) is 26.9. The predicted molar refractivity (Wildman–Crippen MR) is 132 cm³/mol. The number of aromatic nitrogens is 4. The van der Waals surface area contributed by atoms with E-state index >= 15 is 0 Å². The van der Waals surface area contributed by atoms with E-state index in [0.29, 0.717) is 47.3 Å². The lowest BCUT2D eigenvalue weighted by Crippen LogP contribution is -2.59. The van der Waals surface area contributed by atoms with Crippen LogP contribution >= 0.6 is 0 Å². The van der Waals surface area contributed by atoms with Crippen molar-refractivity contribution in [3.8, 4) is 22.6 Å². The number of nitrogens with zero attached hydrogens (tertiary/aromatic N) is 5. The Labute approximate surface area is 213 Å². The van der Waals surface area contributed by atoms with Crippen LogP contribution in [0.25, 0.3) is 28.3 Å². The molecule has 5 rings (SSSR count). The van der Waals surface area contributed by atoms with Gasteiger partial charge in [-0.05, 0) is 30.3 Å². The number of hydrogen-bond acceptors (Lipinski definition) is 6. The van der Waals surface area contributed by atoms with E-state index < -0.39 is 24.8 Å². The normalized spacial score (nSPS) is 13.7. The first-order valence-corrected chi connectivity index (χ1v) is 11.4. The van der Waals surface area contributed by atoms with Gasteiger partial charge in [0.1, 0.15) is 18.0 Å². The summed E-state index contributed by atoms with van der Waals surface area (Å²) in [6.07, 6.45) is -0.469. The number of halogens is 3. The number of benzene rings is 1. The van der Waals surface area contributed by atoms with Gasteiger partial charge in [-0.2, -0.15) is 13.2 Å². The number of amides is 3. The van der Waals surface area contributed by atoms with Gasteiger partial charge in [0, 0.05) is 42.3 Å². The Hall–Kier alpha value is -4.88. The van der Waals surface area contributed by atoms with E-state index in [0.717, 1.165) is 5.56 Å². The Kier molecular flexibility index (Phi) is 6.45. The lowest BCUT2D eigenvalue weighted by atomic mass is 10.1. The van der Waals surface area contributed by atoms with E-state index in [4.69, 9.17) is 5.11 Å². The Balaban J connectivity index is 1.32. The van der Waals surface area contributed by atoms with Gasteiger partial charge in [0.05, 0.1) is 17.9 Å². The van der Waals surface area contributed by atoms with Gasteiger partial charge >= 0.3 is 18.3 Å². The maximum atomic E-state index is 12.3. The highest BCUT2D eigenvalue weighted by atomic mass is 19.4. The van der Waals surface area contributed by atoms with Crippen LogP contribution in [0.3, 0.4) is 0 Å². The summed E-state index contributed by atoms with van der Waals surface area (Å²) in [5.41, 5.74) is 3.07. The van der Waals surface area contributed by atoms with E-state index in [-0.39, 0.29) is 6.04 Å². The second-order valence-electron chi connectivity index (χ2n) is 8.58. The monoisotopic (exact) mass is 526 g/mol. The molecule has 0 radical (unpaired) electrons. The van der Waals surface area contributed by atoms with Crippen molar-refractivity contribution in [2.24, 2.45) is 0 Å². The van der Waals surface area contributed by atoms with Crippen molar-refractivity contribution in [2.45, 2.75) is 12.2 Å². The number of alkyl halides is 3.